The first-order valence-electron chi connectivity index (χ1n) is 8.51. The van der Waals surface area contributed by atoms with Gasteiger partial charge in [-0.3, -0.25) is 9.59 Å². The minimum Gasteiger partial charge on any atom is -0.385 e. The number of alkyl halides is 1. The fourth-order valence-corrected chi connectivity index (χ4v) is 5.95. The maximum absolute atomic E-state index is 13.9. The van der Waals surface area contributed by atoms with E-state index in [2.05, 4.69) is 6.92 Å². The number of aliphatic hydroxyl groups is 1. The third-order valence-corrected chi connectivity index (χ3v) is 7.18. The molecule has 1 N–H and O–H groups in total. The number of carbonyl (C=O) groups is 2. The van der Waals surface area contributed by atoms with E-state index in [0.717, 1.165) is 31.3 Å². The summed E-state index contributed by atoms with van der Waals surface area (Å²) in [5.74, 6) is 0.483. The van der Waals surface area contributed by atoms with E-state index in [0.29, 0.717) is 24.5 Å². The van der Waals surface area contributed by atoms with Gasteiger partial charge < -0.3 is 5.11 Å². The summed E-state index contributed by atoms with van der Waals surface area (Å²) in [5.41, 5.74) is -0.665. The molecule has 6 atom stereocenters. The Labute approximate surface area is 130 Å². The van der Waals surface area contributed by atoms with Crippen molar-refractivity contribution in [2.45, 2.75) is 63.6 Å². The van der Waals surface area contributed by atoms with E-state index in [-0.39, 0.29) is 23.7 Å². The summed E-state index contributed by atoms with van der Waals surface area (Å²) in [7, 11) is 0. The average molecular weight is 306 g/mol. The van der Waals surface area contributed by atoms with E-state index in [1.807, 2.05) is 0 Å². The molecule has 4 aliphatic rings. The molecule has 4 rings (SSSR count). The van der Waals surface area contributed by atoms with E-state index in [9.17, 15) is 19.1 Å². The SMILES string of the molecule is C[C@]12CC[C@H]3[C@@H](CCC4=CC(=O)C(F)C[C@@]43O)[C@@H]1CCC2=O. The van der Waals surface area contributed by atoms with Crippen molar-refractivity contribution < 1.29 is 19.1 Å². The molecule has 0 heterocycles. The van der Waals surface area contributed by atoms with Crippen LogP contribution in [0.1, 0.15) is 51.9 Å². The lowest BCUT2D eigenvalue weighted by atomic mass is 9.50. The van der Waals surface area contributed by atoms with Gasteiger partial charge in [0.25, 0.3) is 0 Å². The van der Waals surface area contributed by atoms with Crippen LogP contribution in [-0.2, 0) is 9.59 Å². The normalized spacial score (nSPS) is 51.0. The predicted molar refractivity (Wildman–Crippen MR) is 78.8 cm³/mol. The van der Waals surface area contributed by atoms with Crippen molar-refractivity contribution in [2.24, 2.45) is 23.2 Å². The molecule has 0 aromatic rings. The zero-order valence-corrected chi connectivity index (χ0v) is 13.0. The van der Waals surface area contributed by atoms with Gasteiger partial charge in [0, 0.05) is 18.3 Å². The van der Waals surface area contributed by atoms with Crippen LogP contribution in [0.3, 0.4) is 0 Å². The van der Waals surface area contributed by atoms with Crippen LogP contribution in [0.2, 0.25) is 0 Å². The lowest BCUT2D eigenvalue weighted by molar-refractivity contribution is -0.142. The second-order valence-electron chi connectivity index (χ2n) is 8.00. The zero-order valence-electron chi connectivity index (χ0n) is 13.0. The Morgan fingerprint density at radius 2 is 1.95 bits per heavy atom. The Morgan fingerprint density at radius 1 is 1.18 bits per heavy atom. The van der Waals surface area contributed by atoms with Crippen molar-refractivity contribution in [2.75, 3.05) is 0 Å². The summed E-state index contributed by atoms with van der Waals surface area (Å²) in [6.07, 6.45) is 4.38. The van der Waals surface area contributed by atoms with E-state index >= 15 is 0 Å². The quantitative estimate of drug-likeness (QED) is 0.748. The summed E-state index contributed by atoms with van der Waals surface area (Å²) >= 11 is 0. The Kier molecular flexibility index (Phi) is 2.98. The van der Waals surface area contributed by atoms with Crippen LogP contribution in [0.15, 0.2) is 11.6 Å². The molecule has 3 nitrogen and oxygen atoms in total. The molecule has 22 heavy (non-hydrogen) atoms. The lowest BCUT2D eigenvalue weighted by Crippen LogP contribution is -2.56. The number of hydrogen-bond donors (Lipinski definition) is 1. The number of hydrogen-bond acceptors (Lipinski definition) is 3. The molecule has 4 aliphatic carbocycles. The Balaban J connectivity index is 1.71. The highest BCUT2D eigenvalue weighted by Crippen LogP contribution is 2.61. The molecule has 0 aliphatic heterocycles. The highest BCUT2D eigenvalue weighted by molar-refractivity contribution is 5.95. The van der Waals surface area contributed by atoms with Crippen molar-refractivity contribution in [1.29, 1.82) is 0 Å². The summed E-state index contributed by atoms with van der Waals surface area (Å²) < 4.78 is 13.9. The van der Waals surface area contributed by atoms with Gasteiger partial charge in [0.05, 0.1) is 5.60 Å². The Hall–Kier alpha value is -1.03. The molecule has 0 amide bonds. The summed E-state index contributed by atoms with van der Waals surface area (Å²) in [4.78, 5) is 23.9. The third kappa shape index (κ3) is 1.70. The van der Waals surface area contributed by atoms with Crippen molar-refractivity contribution in [3.63, 3.8) is 0 Å². The van der Waals surface area contributed by atoms with Crippen LogP contribution in [0.5, 0.6) is 0 Å². The second kappa shape index (κ2) is 4.50. The van der Waals surface area contributed by atoms with Crippen LogP contribution >= 0.6 is 0 Å². The maximum atomic E-state index is 13.9. The summed E-state index contributed by atoms with van der Waals surface area (Å²) in [5, 5.41) is 11.2. The van der Waals surface area contributed by atoms with E-state index in [1.54, 1.807) is 0 Å². The Morgan fingerprint density at radius 3 is 2.73 bits per heavy atom. The smallest absolute Gasteiger partial charge is 0.189 e. The van der Waals surface area contributed by atoms with Gasteiger partial charge >= 0.3 is 0 Å². The maximum Gasteiger partial charge on any atom is 0.189 e. The van der Waals surface area contributed by atoms with Gasteiger partial charge in [-0.2, -0.15) is 0 Å². The summed E-state index contributed by atoms with van der Waals surface area (Å²) in [6.45, 7) is 2.08. The molecule has 0 bridgehead atoms. The minimum absolute atomic E-state index is 0.00262. The van der Waals surface area contributed by atoms with Gasteiger partial charge in [0.2, 0.25) is 0 Å². The molecule has 3 saturated carbocycles. The fraction of sp³-hybridized carbons (Fsp3) is 0.778. The van der Waals surface area contributed by atoms with E-state index in [4.69, 9.17) is 0 Å². The number of halogens is 1. The van der Waals surface area contributed by atoms with Crippen LogP contribution in [-0.4, -0.2) is 28.4 Å². The van der Waals surface area contributed by atoms with Gasteiger partial charge in [-0.05, 0) is 61.5 Å². The minimum atomic E-state index is -1.58. The van der Waals surface area contributed by atoms with E-state index in [1.165, 1.54) is 6.08 Å². The number of fused-ring (bicyclic) bond motifs is 5. The first-order valence-corrected chi connectivity index (χ1v) is 8.51. The molecule has 0 radical (unpaired) electrons. The number of Topliss-reactive ketones (excluding diaryl/α,β-unsaturated/α-hetero) is 1. The third-order valence-electron chi connectivity index (χ3n) is 7.18. The van der Waals surface area contributed by atoms with Gasteiger partial charge in [-0.1, -0.05) is 6.92 Å². The molecule has 0 saturated heterocycles. The second-order valence-corrected chi connectivity index (χ2v) is 8.00. The Bertz CT molecular complexity index is 583. The zero-order chi connectivity index (χ0) is 15.7. The largest absolute Gasteiger partial charge is 0.385 e. The molecular weight excluding hydrogens is 283 g/mol. The standard InChI is InChI=1S/C18H23FO3/c1-17-7-6-13-11(12(17)4-5-16(17)21)3-2-10-8-15(20)14(19)9-18(10,13)22/h8,11-14,22H,2-7,9H2,1H3/t11-,12-,13-,14?,17-,18+/m0/s1. The molecular formula is C18H23FO3. The van der Waals surface area contributed by atoms with Gasteiger partial charge in [-0.25, -0.2) is 4.39 Å². The monoisotopic (exact) mass is 306 g/mol. The molecule has 0 aromatic carbocycles. The van der Waals surface area contributed by atoms with Crippen molar-refractivity contribution in [3.05, 3.63) is 11.6 Å². The molecule has 4 heteroatoms. The highest BCUT2D eigenvalue weighted by atomic mass is 19.1. The molecule has 0 aromatic heterocycles. The van der Waals surface area contributed by atoms with Crippen molar-refractivity contribution >= 4 is 11.6 Å². The van der Waals surface area contributed by atoms with Gasteiger partial charge in [-0.15, -0.1) is 0 Å². The van der Waals surface area contributed by atoms with Crippen LogP contribution in [0.4, 0.5) is 4.39 Å². The van der Waals surface area contributed by atoms with Crippen LogP contribution in [0.25, 0.3) is 0 Å². The average Bonchev–Trinajstić information content (AvgIpc) is 2.77. The molecule has 0 spiro atoms. The molecule has 3 fully saturated rings. The van der Waals surface area contributed by atoms with Crippen LogP contribution in [0, 0.1) is 23.2 Å². The summed E-state index contributed by atoms with van der Waals surface area (Å²) in [6, 6.07) is 0. The van der Waals surface area contributed by atoms with E-state index < -0.39 is 17.6 Å². The highest BCUT2D eigenvalue weighted by Gasteiger charge is 2.60. The van der Waals surface area contributed by atoms with Gasteiger partial charge in [0.1, 0.15) is 5.78 Å². The first kappa shape index (κ1) is 14.6. The number of rotatable bonds is 0. The predicted octanol–water partition coefficient (Wildman–Crippen LogP) is 2.76. The van der Waals surface area contributed by atoms with Crippen molar-refractivity contribution in [1.82, 2.24) is 0 Å². The lowest BCUT2D eigenvalue weighted by Gasteiger charge is -2.55. The molecule has 120 valence electrons. The molecule has 1 unspecified atom stereocenters. The van der Waals surface area contributed by atoms with Gasteiger partial charge in [0.15, 0.2) is 12.0 Å². The fourth-order valence-electron chi connectivity index (χ4n) is 5.95. The first-order chi connectivity index (χ1) is 10.4. The number of carbonyl (C=O) groups excluding carboxylic acids is 2. The topological polar surface area (TPSA) is 54.4 Å². The van der Waals surface area contributed by atoms with Crippen LogP contribution < -0.4 is 0 Å². The number of ketones is 2. The van der Waals surface area contributed by atoms with Crippen molar-refractivity contribution in [3.8, 4) is 0 Å².